The summed E-state index contributed by atoms with van der Waals surface area (Å²) in [4.78, 5) is 6.14. The van der Waals surface area contributed by atoms with Crippen LogP contribution in [0.15, 0.2) is 30.3 Å². The van der Waals surface area contributed by atoms with Gasteiger partial charge in [-0.1, -0.05) is 56.5 Å². The number of hydrogen-bond acceptors (Lipinski definition) is 2. The molecule has 0 aliphatic carbocycles. The Hall–Kier alpha value is -1.15. The highest BCUT2D eigenvalue weighted by molar-refractivity contribution is 7.15. The molecule has 95 valence electrons. The average molecular weight is 258 g/mol. The molecule has 0 amide bonds. The fourth-order valence-corrected chi connectivity index (χ4v) is 2.98. The molecule has 2 rings (SSSR count). The third kappa shape index (κ3) is 3.42. The molecule has 0 atom stereocenters. The summed E-state index contributed by atoms with van der Waals surface area (Å²) < 4.78 is 0. The van der Waals surface area contributed by atoms with E-state index in [9.17, 15) is 0 Å². The topological polar surface area (TPSA) is 12.9 Å². The lowest BCUT2D eigenvalue weighted by molar-refractivity contribution is 0.679. The average Bonchev–Trinajstić information content (AvgIpc) is 2.77. The van der Waals surface area contributed by atoms with Gasteiger partial charge in [-0.05, 0) is 19.8 Å². The van der Waals surface area contributed by atoms with Gasteiger partial charge >= 0.3 is 0 Å². The Morgan fingerprint density at radius 1 is 1.11 bits per heavy atom. The van der Waals surface area contributed by atoms with E-state index in [-0.39, 0.29) is 0 Å². The molecule has 0 spiro atoms. The summed E-state index contributed by atoms with van der Waals surface area (Å²) in [5, 5.41) is 1.15. The zero-order valence-corrected chi connectivity index (χ0v) is 11.8. The quantitative estimate of drug-likeness (QED) is 0.660. The summed E-state index contributed by atoms with van der Waals surface area (Å²) in [5.41, 5.74) is 2.51. The second-order valence-corrected chi connectivity index (χ2v) is 5.76. The van der Waals surface area contributed by atoms with Gasteiger partial charge in [0, 0.05) is 10.4 Å². The van der Waals surface area contributed by atoms with Crippen LogP contribution in [-0.2, 0) is 6.42 Å². The number of aromatic nitrogens is 1. The fraction of sp³-hybridized carbons (Fsp3) is 0.375. The van der Waals surface area contributed by atoms with Crippen LogP contribution in [0.2, 0.25) is 0 Å². The van der Waals surface area contributed by atoms with Gasteiger partial charge in [0.25, 0.3) is 0 Å². The highest BCUT2D eigenvalue weighted by Crippen LogP contribution is 2.28. The third-order valence-electron chi connectivity index (χ3n) is 3.08. The largest absolute Gasteiger partial charge is 0.241 e. The van der Waals surface area contributed by atoms with E-state index in [1.165, 1.54) is 35.4 Å². The van der Waals surface area contributed by atoms with E-state index in [1.54, 1.807) is 0 Å². The zero-order valence-electron chi connectivity index (χ0n) is 11.0. The number of benzene rings is 1. The van der Waals surface area contributed by atoms with Crippen molar-refractivity contribution in [3.63, 3.8) is 0 Å². The number of thiazole rings is 1. The Morgan fingerprint density at radius 3 is 2.61 bits per heavy atom. The van der Waals surface area contributed by atoms with E-state index in [4.69, 9.17) is 4.98 Å². The Labute approximate surface area is 114 Å². The summed E-state index contributed by atoms with van der Waals surface area (Å²) in [6, 6.07) is 10.4. The van der Waals surface area contributed by atoms with Gasteiger partial charge in [0.1, 0.15) is 5.01 Å². The van der Waals surface area contributed by atoms with E-state index in [2.05, 4.69) is 38.1 Å². The first-order valence-electron chi connectivity index (χ1n) is 6.62. The SMILES string of the molecule is [CH2]CCCCCc1nc(-c2ccccc2)sc1C. The van der Waals surface area contributed by atoms with Crippen LogP contribution in [0.4, 0.5) is 0 Å². The first-order valence-corrected chi connectivity index (χ1v) is 7.44. The molecule has 0 unspecified atom stereocenters. The molecule has 0 N–H and O–H groups in total. The van der Waals surface area contributed by atoms with E-state index in [0.29, 0.717) is 0 Å². The molecule has 2 aromatic rings. The number of hydrogen-bond donors (Lipinski definition) is 0. The first-order chi connectivity index (χ1) is 8.81. The smallest absolute Gasteiger partial charge is 0.123 e. The molecular weight excluding hydrogens is 238 g/mol. The second kappa shape index (κ2) is 6.69. The Balaban J connectivity index is 2.03. The van der Waals surface area contributed by atoms with Gasteiger partial charge in [0.2, 0.25) is 0 Å². The maximum atomic E-state index is 4.78. The lowest BCUT2D eigenvalue weighted by Gasteiger charge is -1.98. The van der Waals surface area contributed by atoms with Crippen molar-refractivity contribution in [3.8, 4) is 10.6 Å². The van der Waals surface area contributed by atoms with Crippen molar-refractivity contribution < 1.29 is 0 Å². The predicted octanol–water partition coefficient (Wildman–Crippen LogP) is 5.06. The van der Waals surface area contributed by atoms with Crippen LogP contribution in [0.5, 0.6) is 0 Å². The van der Waals surface area contributed by atoms with Crippen molar-refractivity contribution in [3.05, 3.63) is 47.8 Å². The maximum absolute atomic E-state index is 4.78. The molecule has 0 saturated heterocycles. The van der Waals surface area contributed by atoms with Crippen molar-refractivity contribution in [1.82, 2.24) is 4.98 Å². The van der Waals surface area contributed by atoms with E-state index >= 15 is 0 Å². The molecule has 0 saturated carbocycles. The van der Waals surface area contributed by atoms with E-state index < -0.39 is 0 Å². The number of unbranched alkanes of at least 4 members (excludes halogenated alkanes) is 3. The van der Waals surface area contributed by atoms with Gasteiger partial charge in [-0.15, -0.1) is 11.3 Å². The predicted molar refractivity (Wildman–Crippen MR) is 79.8 cm³/mol. The standard InChI is InChI=1S/C16H20NS/c1-3-4-5-9-12-15-13(2)18-16(17-15)14-10-7-6-8-11-14/h6-8,10-11H,1,3-5,9,12H2,2H3. The lowest BCUT2D eigenvalue weighted by Crippen LogP contribution is -1.88. The highest BCUT2D eigenvalue weighted by Gasteiger charge is 2.08. The van der Waals surface area contributed by atoms with Crippen LogP contribution < -0.4 is 0 Å². The minimum Gasteiger partial charge on any atom is -0.241 e. The lowest BCUT2D eigenvalue weighted by atomic mass is 10.1. The van der Waals surface area contributed by atoms with Crippen molar-refractivity contribution >= 4 is 11.3 Å². The molecule has 1 nitrogen and oxygen atoms in total. The van der Waals surface area contributed by atoms with Crippen LogP contribution in [0, 0.1) is 13.8 Å². The van der Waals surface area contributed by atoms with E-state index in [1.807, 2.05) is 17.4 Å². The molecule has 0 bridgehead atoms. The Kier molecular flexibility index (Phi) is 4.94. The summed E-state index contributed by atoms with van der Waals surface area (Å²) in [6.45, 7) is 6.06. The summed E-state index contributed by atoms with van der Waals surface area (Å²) in [7, 11) is 0. The number of aryl methyl sites for hydroxylation is 2. The molecule has 0 aliphatic rings. The molecular formula is C16H20NS. The zero-order chi connectivity index (χ0) is 12.8. The van der Waals surface area contributed by atoms with Crippen LogP contribution in [-0.4, -0.2) is 4.98 Å². The minimum absolute atomic E-state index is 1.05. The molecule has 1 radical (unpaired) electrons. The van der Waals surface area contributed by atoms with E-state index in [0.717, 1.165) is 17.8 Å². The van der Waals surface area contributed by atoms with Gasteiger partial charge < -0.3 is 0 Å². The first kappa shape index (κ1) is 13.3. The number of nitrogens with zero attached hydrogens (tertiary/aromatic N) is 1. The van der Waals surface area contributed by atoms with Crippen LogP contribution in [0.1, 0.15) is 36.3 Å². The van der Waals surface area contributed by atoms with Gasteiger partial charge in [-0.3, -0.25) is 0 Å². The monoisotopic (exact) mass is 258 g/mol. The molecule has 0 fully saturated rings. The van der Waals surface area contributed by atoms with Gasteiger partial charge in [0.15, 0.2) is 0 Å². The second-order valence-electron chi connectivity index (χ2n) is 4.55. The summed E-state index contributed by atoms with van der Waals surface area (Å²) in [5.74, 6) is 0. The third-order valence-corrected chi connectivity index (χ3v) is 4.14. The van der Waals surface area contributed by atoms with Crippen molar-refractivity contribution in [2.24, 2.45) is 0 Å². The Bertz CT molecular complexity index is 473. The summed E-state index contributed by atoms with van der Waals surface area (Å²) >= 11 is 1.81. The summed E-state index contributed by atoms with van der Waals surface area (Å²) in [6.07, 6.45) is 5.88. The maximum Gasteiger partial charge on any atom is 0.123 e. The van der Waals surface area contributed by atoms with Gasteiger partial charge in [-0.25, -0.2) is 4.98 Å². The Morgan fingerprint density at radius 2 is 1.89 bits per heavy atom. The van der Waals surface area contributed by atoms with Crippen molar-refractivity contribution in [2.45, 2.75) is 39.0 Å². The molecule has 2 heteroatoms. The van der Waals surface area contributed by atoms with Gasteiger partial charge in [0.05, 0.1) is 5.69 Å². The molecule has 1 heterocycles. The van der Waals surface area contributed by atoms with Crippen molar-refractivity contribution in [1.29, 1.82) is 0 Å². The van der Waals surface area contributed by atoms with Crippen LogP contribution in [0.25, 0.3) is 10.6 Å². The number of rotatable bonds is 6. The van der Waals surface area contributed by atoms with Crippen LogP contribution in [0.3, 0.4) is 0 Å². The molecule has 1 aromatic heterocycles. The highest BCUT2D eigenvalue weighted by atomic mass is 32.1. The minimum atomic E-state index is 1.05. The van der Waals surface area contributed by atoms with Crippen molar-refractivity contribution in [2.75, 3.05) is 0 Å². The molecule has 0 aliphatic heterocycles. The fourth-order valence-electron chi connectivity index (χ4n) is 2.01. The van der Waals surface area contributed by atoms with Crippen LogP contribution >= 0.6 is 11.3 Å². The van der Waals surface area contributed by atoms with Gasteiger partial charge in [-0.2, -0.15) is 0 Å². The molecule has 1 aromatic carbocycles. The molecule has 18 heavy (non-hydrogen) atoms. The normalized spacial score (nSPS) is 10.8.